The van der Waals surface area contributed by atoms with Gasteiger partial charge in [0.05, 0.1) is 13.2 Å². The van der Waals surface area contributed by atoms with E-state index in [9.17, 15) is 0 Å². The van der Waals surface area contributed by atoms with Gasteiger partial charge in [-0.15, -0.1) is 0 Å². The second kappa shape index (κ2) is 9.64. The molecule has 0 spiro atoms. The molecule has 0 aliphatic heterocycles. The van der Waals surface area contributed by atoms with Crippen LogP contribution in [-0.2, 0) is 11.2 Å². The fourth-order valence-corrected chi connectivity index (χ4v) is 1.87. The number of nitrogens with two attached hydrogens (primary N) is 1. The summed E-state index contributed by atoms with van der Waals surface area (Å²) in [6.45, 7) is 4.65. The van der Waals surface area contributed by atoms with Crippen molar-refractivity contribution in [3.05, 3.63) is 23.8 Å². The van der Waals surface area contributed by atoms with Gasteiger partial charge in [-0.05, 0) is 44.4 Å². The van der Waals surface area contributed by atoms with Gasteiger partial charge in [-0.25, -0.2) is 0 Å². The van der Waals surface area contributed by atoms with Crippen LogP contribution >= 0.6 is 0 Å². The van der Waals surface area contributed by atoms with Gasteiger partial charge in [0.25, 0.3) is 0 Å². The number of hydrogen-bond donors (Lipinski definition) is 1. The van der Waals surface area contributed by atoms with Crippen molar-refractivity contribution in [2.24, 2.45) is 5.73 Å². The summed E-state index contributed by atoms with van der Waals surface area (Å²) in [5.41, 5.74) is 6.75. The third-order valence-corrected chi connectivity index (χ3v) is 2.76. The molecule has 2 N–H and O–H groups in total. The summed E-state index contributed by atoms with van der Waals surface area (Å²) in [5.74, 6) is 1.65. The molecule has 1 rings (SSSR count). The SMILES string of the molecule is CCOc1cccc(CCN)c1OCCCCOC. The Morgan fingerprint density at radius 3 is 2.58 bits per heavy atom. The highest BCUT2D eigenvalue weighted by Gasteiger charge is 2.10. The van der Waals surface area contributed by atoms with Crippen molar-refractivity contribution in [1.29, 1.82) is 0 Å². The lowest BCUT2D eigenvalue weighted by Gasteiger charge is -2.15. The topological polar surface area (TPSA) is 53.7 Å². The molecule has 0 aliphatic carbocycles. The maximum Gasteiger partial charge on any atom is 0.164 e. The Hall–Kier alpha value is -1.26. The third-order valence-electron chi connectivity index (χ3n) is 2.76. The maximum absolute atomic E-state index is 5.88. The molecule has 0 radical (unpaired) electrons. The predicted molar refractivity (Wildman–Crippen MR) is 77.0 cm³/mol. The molecular formula is C15H25NO3. The van der Waals surface area contributed by atoms with E-state index in [0.29, 0.717) is 19.8 Å². The van der Waals surface area contributed by atoms with Crippen molar-refractivity contribution in [1.82, 2.24) is 0 Å². The molecule has 4 nitrogen and oxygen atoms in total. The van der Waals surface area contributed by atoms with Gasteiger partial charge in [0.2, 0.25) is 0 Å². The van der Waals surface area contributed by atoms with Crippen LogP contribution in [0.25, 0.3) is 0 Å². The molecule has 1 aromatic rings. The van der Waals surface area contributed by atoms with Crippen LogP contribution in [0.5, 0.6) is 11.5 Å². The summed E-state index contributed by atoms with van der Waals surface area (Å²) in [6.07, 6.45) is 2.77. The van der Waals surface area contributed by atoms with Gasteiger partial charge in [-0.3, -0.25) is 0 Å². The van der Waals surface area contributed by atoms with Crippen LogP contribution in [0.15, 0.2) is 18.2 Å². The molecule has 0 fully saturated rings. The molecule has 0 bridgehead atoms. The molecule has 0 saturated carbocycles. The fourth-order valence-electron chi connectivity index (χ4n) is 1.87. The van der Waals surface area contributed by atoms with E-state index in [-0.39, 0.29) is 0 Å². The van der Waals surface area contributed by atoms with Crippen molar-refractivity contribution in [2.45, 2.75) is 26.2 Å². The van der Waals surface area contributed by atoms with Crippen LogP contribution in [0.3, 0.4) is 0 Å². The molecule has 0 saturated heterocycles. The van der Waals surface area contributed by atoms with E-state index in [4.69, 9.17) is 19.9 Å². The summed E-state index contributed by atoms with van der Waals surface area (Å²) in [7, 11) is 1.71. The van der Waals surface area contributed by atoms with Crippen LogP contribution in [0, 0.1) is 0 Å². The third kappa shape index (κ3) is 5.49. The van der Waals surface area contributed by atoms with E-state index in [1.54, 1.807) is 7.11 Å². The first-order valence-corrected chi connectivity index (χ1v) is 6.90. The molecule has 0 aromatic heterocycles. The lowest BCUT2D eigenvalue weighted by atomic mass is 10.1. The summed E-state index contributed by atoms with van der Waals surface area (Å²) >= 11 is 0. The fraction of sp³-hybridized carbons (Fsp3) is 0.600. The standard InChI is InChI=1S/C15H25NO3/c1-3-18-14-8-6-7-13(9-10-16)15(14)19-12-5-4-11-17-2/h6-8H,3-5,9-12,16H2,1-2H3. The van der Waals surface area contributed by atoms with Gasteiger partial charge in [0.1, 0.15) is 0 Å². The first-order chi connectivity index (χ1) is 9.33. The maximum atomic E-state index is 5.88. The zero-order valence-corrected chi connectivity index (χ0v) is 12.0. The number of ether oxygens (including phenoxy) is 3. The quantitative estimate of drug-likeness (QED) is 0.661. The van der Waals surface area contributed by atoms with E-state index >= 15 is 0 Å². The van der Waals surface area contributed by atoms with Crippen LogP contribution < -0.4 is 15.2 Å². The normalized spacial score (nSPS) is 10.5. The molecule has 0 atom stereocenters. The van der Waals surface area contributed by atoms with Crippen LogP contribution in [-0.4, -0.2) is 33.5 Å². The van der Waals surface area contributed by atoms with Gasteiger partial charge in [0.15, 0.2) is 11.5 Å². The smallest absolute Gasteiger partial charge is 0.164 e. The highest BCUT2D eigenvalue weighted by Crippen LogP contribution is 2.31. The van der Waals surface area contributed by atoms with Gasteiger partial charge in [-0.2, -0.15) is 0 Å². The van der Waals surface area contributed by atoms with E-state index in [0.717, 1.165) is 42.9 Å². The summed E-state index contributed by atoms with van der Waals surface area (Å²) in [5, 5.41) is 0. The zero-order valence-electron chi connectivity index (χ0n) is 12.0. The zero-order chi connectivity index (χ0) is 13.9. The van der Waals surface area contributed by atoms with Gasteiger partial charge >= 0.3 is 0 Å². The molecule has 0 aliphatic rings. The highest BCUT2D eigenvalue weighted by atomic mass is 16.5. The molecular weight excluding hydrogens is 242 g/mol. The Morgan fingerprint density at radius 2 is 1.89 bits per heavy atom. The van der Waals surface area contributed by atoms with Gasteiger partial charge in [0, 0.05) is 13.7 Å². The lowest BCUT2D eigenvalue weighted by molar-refractivity contribution is 0.182. The number of para-hydroxylation sites is 1. The number of hydrogen-bond acceptors (Lipinski definition) is 4. The van der Waals surface area contributed by atoms with E-state index in [1.807, 2.05) is 25.1 Å². The monoisotopic (exact) mass is 267 g/mol. The molecule has 1 aromatic carbocycles. The summed E-state index contributed by atoms with van der Waals surface area (Å²) < 4.78 is 16.5. The highest BCUT2D eigenvalue weighted by molar-refractivity contribution is 5.46. The molecule has 4 heteroatoms. The van der Waals surface area contributed by atoms with Crippen LogP contribution in [0.4, 0.5) is 0 Å². The Bertz CT molecular complexity index is 331. The Kier molecular flexibility index (Phi) is 8.02. The number of benzene rings is 1. The molecule has 0 heterocycles. The van der Waals surface area contributed by atoms with E-state index in [2.05, 4.69) is 0 Å². The minimum atomic E-state index is 0.607. The van der Waals surface area contributed by atoms with Crippen LogP contribution in [0.2, 0.25) is 0 Å². The minimum absolute atomic E-state index is 0.607. The summed E-state index contributed by atoms with van der Waals surface area (Å²) in [4.78, 5) is 0. The largest absolute Gasteiger partial charge is 0.490 e. The minimum Gasteiger partial charge on any atom is -0.490 e. The molecule has 0 unspecified atom stereocenters. The lowest BCUT2D eigenvalue weighted by Crippen LogP contribution is -2.08. The van der Waals surface area contributed by atoms with E-state index < -0.39 is 0 Å². The van der Waals surface area contributed by atoms with Crippen molar-refractivity contribution >= 4 is 0 Å². The number of rotatable bonds is 10. The summed E-state index contributed by atoms with van der Waals surface area (Å²) in [6, 6.07) is 5.96. The van der Waals surface area contributed by atoms with Gasteiger partial charge in [-0.1, -0.05) is 12.1 Å². The van der Waals surface area contributed by atoms with Crippen molar-refractivity contribution < 1.29 is 14.2 Å². The molecule has 108 valence electrons. The second-order valence-electron chi connectivity index (χ2n) is 4.26. The van der Waals surface area contributed by atoms with Crippen LogP contribution in [0.1, 0.15) is 25.3 Å². The number of unbranched alkanes of at least 4 members (excludes halogenated alkanes) is 1. The van der Waals surface area contributed by atoms with Crippen molar-refractivity contribution in [2.75, 3.05) is 33.5 Å². The van der Waals surface area contributed by atoms with Crippen molar-refractivity contribution in [3.63, 3.8) is 0 Å². The average molecular weight is 267 g/mol. The molecule has 19 heavy (non-hydrogen) atoms. The van der Waals surface area contributed by atoms with Crippen molar-refractivity contribution in [3.8, 4) is 11.5 Å². The Labute approximate surface area is 115 Å². The van der Waals surface area contributed by atoms with Gasteiger partial charge < -0.3 is 19.9 Å². The second-order valence-corrected chi connectivity index (χ2v) is 4.26. The Morgan fingerprint density at radius 1 is 1.11 bits per heavy atom. The average Bonchev–Trinajstić information content (AvgIpc) is 2.41. The Balaban J connectivity index is 2.64. The first kappa shape index (κ1) is 15.8. The first-order valence-electron chi connectivity index (χ1n) is 6.90. The number of methoxy groups -OCH3 is 1. The predicted octanol–water partition coefficient (Wildman–Crippen LogP) is 2.39. The van der Waals surface area contributed by atoms with E-state index in [1.165, 1.54) is 0 Å². The molecule has 0 amide bonds.